The second kappa shape index (κ2) is 4.41. The maximum Gasteiger partial charge on any atom is 0.363 e. The minimum absolute atomic E-state index is 0.325. The Labute approximate surface area is 82.0 Å². The van der Waals surface area contributed by atoms with Gasteiger partial charge >= 0.3 is 5.97 Å². The van der Waals surface area contributed by atoms with Crippen LogP contribution in [0.1, 0.15) is 17.3 Å². The Morgan fingerprint density at radius 1 is 1.21 bits per heavy atom. The molecule has 74 valence electrons. The monoisotopic (exact) mass is 193 g/mol. The van der Waals surface area contributed by atoms with Crippen LogP contribution in [0.5, 0.6) is 0 Å². The number of amides is 1. The van der Waals surface area contributed by atoms with Gasteiger partial charge in [0.15, 0.2) is 0 Å². The lowest BCUT2D eigenvalue weighted by molar-refractivity contribution is -0.158. The van der Waals surface area contributed by atoms with Gasteiger partial charge in [-0.3, -0.25) is 4.79 Å². The number of benzene rings is 1. The van der Waals surface area contributed by atoms with Gasteiger partial charge in [0.2, 0.25) is 0 Å². The van der Waals surface area contributed by atoms with Gasteiger partial charge in [-0.2, -0.15) is 5.06 Å². The van der Waals surface area contributed by atoms with Crippen LogP contribution in [0.4, 0.5) is 0 Å². The molecule has 1 aromatic rings. The van der Waals surface area contributed by atoms with Crippen molar-refractivity contribution in [2.24, 2.45) is 0 Å². The molecule has 0 atom stereocenters. The highest BCUT2D eigenvalue weighted by molar-refractivity contribution is 5.90. The van der Waals surface area contributed by atoms with Crippen LogP contribution < -0.4 is 0 Å². The lowest BCUT2D eigenvalue weighted by Crippen LogP contribution is -2.27. The van der Waals surface area contributed by atoms with Gasteiger partial charge < -0.3 is 4.84 Å². The van der Waals surface area contributed by atoms with Gasteiger partial charge in [0.25, 0.3) is 5.91 Å². The van der Waals surface area contributed by atoms with E-state index in [2.05, 4.69) is 0 Å². The standard InChI is InChI=1S/C10H11NO3/c1-8(12)11(2)14-10(13)9-6-4-3-5-7-9/h3-7H,1-2H3. The van der Waals surface area contributed by atoms with E-state index in [1.165, 1.54) is 14.0 Å². The smallest absolute Gasteiger partial charge is 0.333 e. The molecule has 14 heavy (non-hydrogen) atoms. The van der Waals surface area contributed by atoms with Gasteiger partial charge in [-0.25, -0.2) is 4.79 Å². The molecule has 0 bridgehead atoms. The fraction of sp³-hybridized carbons (Fsp3) is 0.200. The molecule has 0 unspecified atom stereocenters. The van der Waals surface area contributed by atoms with Crippen LogP contribution in [0.15, 0.2) is 30.3 Å². The van der Waals surface area contributed by atoms with Crippen LogP contribution in [-0.4, -0.2) is 24.0 Å². The number of nitrogens with zero attached hydrogens (tertiary/aromatic N) is 1. The summed E-state index contributed by atoms with van der Waals surface area (Å²) in [5.74, 6) is -0.863. The SMILES string of the molecule is CC(=O)N(C)OC(=O)c1ccccc1. The van der Waals surface area contributed by atoms with E-state index in [1.54, 1.807) is 30.3 Å². The number of hydroxylamine groups is 2. The lowest BCUT2D eigenvalue weighted by atomic mass is 10.2. The molecule has 0 aromatic heterocycles. The van der Waals surface area contributed by atoms with Crippen molar-refractivity contribution in [1.29, 1.82) is 0 Å². The second-order valence-corrected chi connectivity index (χ2v) is 2.76. The van der Waals surface area contributed by atoms with Gasteiger partial charge in [-0.1, -0.05) is 18.2 Å². The Kier molecular flexibility index (Phi) is 3.23. The summed E-state index contributed by atoms with van der Waals surface area (Å²) in [6.07, 6.45) is 0. The Bertz CT molecular complexity index is 334. The molecule has 1 rings (SSSR count). The average molecular weight is 193 g/mol. The molecule has 0 aliphatic rings. The lowest BCUT2D eigenvalue weighted by Gasteiger charge is -2.13. The fourth-order valence-electron chi connectivity index (χ4n) is 0.816. The molecule has 0 saturated heterocycles. The van der Waals surface area contributed by atoms with Crippen molar-refractivity contribution in [2.45, 2.75) is 6.92 Å². The summed E-state index contributed by atoms with van der Waals surface area (Å²) in [6.45, 7) is 1.32. The molecule has 1 amide bonds. The van der Waals surface area contributed by atoms with Crippen molar-refractivity contribution in [1.82, 2.24) is 5.06 Å². The van der Waals surface area contributed by atoms with E-state index in [4.69, 9.17) is 4.84 Å². The number of carbonyl (C=O) groups excluding carboxylic acids is 2. The third kappa shape index (κ3) is 2.58. The molecule has 0 N–H and O–H groups in total. The zero-order valence-electron chi connectivity index (χ0n) is 8.06. The summed E-state index contributed by atoms with van der Waals surface area (Å²) in [4.78, 5) is 26.8. The molecule has 0 aliphatic carbocycles. The minimum atomic E-state index is -0.539. The normalized spacial score (nSPS) is 9.29. The number of hydrogen-bond acceptors (Lipinski definition) is 3. The van der Waals surface area contributed by atoms with Gasteiger partial charge in [0, 0.05) is 14.0 Å². The average Bonchev–Trinajstić information content (AvgIpc) is 2.19. The Balaban J connectivity index is 2.64. The summed E-state index contributed by atoms with van der Waals surface area (Å²) >= 11 is 0. The maximum absolute atomic E-state index is 11.3. The van der Waals surface area contributed by atoms with E-state index in [0.717, 1.165) is 5.06 Å². The molecule has 0 aliphatic heterocycles. The Hall–Kier alpha value is -1.84. The zero-order valence-corrected chi connectivity index (χ0v) is 8.06. The largest absolute Gasteiger partial charge is 0.363 e. The summed E-state index contributed by atoms with van der Waals surface area (Å²) in [5, 5.41) is 0.898. The van der Waals surface area contributed by atoms with Crippen molar-refractivity contribution in [3.05, 3.63) is 35.9 Å². The zero-order chi connectivity index (χ0) is 10.6. The van der Waals surface area contributed by atoms with E-state index in [1.807, 2.05) is 0 Å². The van der Waals surface area contributed by atoms with Gasteiger partial charge in [0.05, 0.1) is 5.56 Å². The maximum atomic E-state index is 11.3. The van der Waals surface area contributed by atoms with Crippen molar-refractivity contribution in [3.63, 3.8) is 0 Å². The minimum Gasteiger partial charge on any atom is -0.333 e. The molecule has 0 spiro atoms. The van der Waals surface area contributed by atoms with Gasteiger partial charge in [0.1, 0.15) is 0 Å². The van der Waals surface area contributed by atoms with E-state index in [9.17, 15) is 9.59 Å². The van der Waals surface area contributed by atoms with Crippen molar-refractivity contribution in [2.75, 3.05) is 7.05 Å². The van der Waals surface area contributed by atoms with Crippen LogP contribution in [0.25, 0.3) is 0 Å². The molecule has 1 aromatic carbocycles. The topological polar surface area (TPSA) is 46.6 Å². The molecule has 0 radical (unpaired) electrons. The Morgan fingerprint density at radius 2 is 1.79 bits per heavy atom. The third-order valence-corrected chi connectivity index (χ3v) is 1.67. The van der Waals surface area contributed by atoms with Crippen molar-refractivity contribution in [3.8, 4) is 0 Å². The van der Waals surface area contributed by atoms with E-state index >= 15 is 0 Å². The highest BCUT2D eigenvalue weighted by Gasteiger charge is 2.11. The van der Waals surface area contributed by atoms with Crippen LogP contribution >= 0.6 is 0 Å². The molecular weight excluding hydrogens is 182 g/mol. The van der Waals surface area contributed by atoms with Gasteiger partial charge in [-0.05, 0) is 12.1 Å². The summed E-state index contributed by atoms with van der Waals surface area (Å²) in [5.41, 5.74) is 0.417. The number of hydrogen-bond donors (Lipinski definition) is 0. The number of rotatable bonds is 1. The first-order valence-electron chi connectivity index (χ1n) is 4.13. The predicted molar refractivity (Wildman–Crippen MR) is 50.3 cm³/mol. The van der Waals surface area contributed by atoms with E-state index in [-0.39, 0.29) is 5.91 Å². The summed E-state index contributed by atoms with van der Waals surface area (Å²) in [7, 11) is 1.39. The summed E-state index contributed by atoms with van der Waals surface area (Å²) in [6, 6.07) is 8.49. The fourth-order valence-corrected chi connectivity index (χ4v) is 0.816. The van der Waals surface area contributed by atoms with Crippen LogP contribution in [0, 0.1) is 0 Å². The predicted octanol–water partition coefficient (Wildman–Crippen LogP) is 1.24. The van der Waals surface area contributed by atoms with E-state index in [0.29, 0.717) is 5.56 Å². The van der Waals surface area contributed by atoms with Crippen LogP contribution in [0.3, 0.4) is 0 Å². The highest BCUT2D eigenvalue weighted by atomic mass is 16.7. The molecule has 0 fully saturated rings. The number of carbonyl (C=O) groups is 2. The first-order valence-corrected chi connectivity index (χ1v) is 4.13. The van der Waals surface area contributed by atoms with Crippen molar-refractivity contribution < 1.29 is 14.4 Å². The van der Waals surface area contributed by atoms with Crippen LogP contribution in [-0.2, 0) is 9.63 Å². The molecule has 0 saturated carbocycles. The summed E-state index contributed by atoms with van der Waals surface area (Å²) < 4.78 is 0. The first-order chi connectivity index (χ1) is 6.61. The molecular formula is C10H11NO3. The van der Waals surface area contributed by atoms with E-state index < -0.39 is 5.97 Å². The molecule has 4 nitrogen and oxygen atoms in total. The molecule has 0 heterocycles. The first kappa shape index (κ1) is 10.2. The highest BCUT2D eigenvalue weighted by Crippen LogP contribution is 2.02. The Morgan fingerprint density at radius 3 is 2.29 bits per heavy atom. The van der Waals surface area contributed by atoms with Crippen molar-refractivity contribution >= 4 is 11.9 Å². The quantitative estimate of drug-likeness (QED) is 0.630. The van der Waals surface area contributed by atoms with Crippen LogP contribution in [0.2, 0.25) is 0 Å². The van der Waals surface area contributed by atoms with Gasteiger partial charge in [-0.15, -0.1) is 0 Å². The third-order valence-electron chi connectivity index (χ3n) is 1.67. The molecule has 4 heteroatoms. The second-order valence-electron chi connectivity index (χ2n) is 2.76.